The van der Waals surface area contributed by atoms with Gasteiger partial charge in [-0.1, -0.05) is 137 Å². The number of quaternary nitrogens is 1. The van der Waals surface area contributed by atoms with Crippen LogP contribution >= 0.6 is 7.82 Å². The highest BCUT2D eigenvalue weighted by Crippen LogP contribution is 2.43. The molecule has 0 saturated heterocycles. The standard InChI is InChI=1S/C48H80NO8P/c1-6-8-10-12-14-16-18-20-22-24-26-28-30-32-34-36-38-40-47(50)54-44-46(45-56-58(52,53)55-43-42-49(3,4)5)57-48(51)41-39-37-35-33-31-29-27-25-23-21-19-17-15-13-11-9-7-2/h9,11,14-17,20-23,26-29,33,35,46H,6-8,10,12-13,18-19,24-25,30-32,34,36-45H2,1-5H3/p+1/b11-9+,16-14+,17-15+,22-20+,23-21+,28-26+,29-27+,35-33+/t46-/m1/s1. The van der Waals surface area contributed by atoms with Gasteiger partial charge in [-0.3, -0.25) is 18.6 Å². The molecular weight excluding hydrogens is 750 g/mol. The average molecular weight is 831 g/mol. The number of likely N-dealkylation sites (N-methyl/N-ethyl adjacent to an activating group) is 1. The highest BCUT2D eigenvalue weighted by molar-refractivity contribution is 7.47. The summed E-state index contributed by atoms with van der Waals surface area (Å²) in [5, 5.41) is 0. The van der Waals surface area contributed by atoms with E-state index >= 15 is 0 Å². The maximum atomic E-state index is 12.7. The zero-order valence-corrected chi connectivity index (χ0v) is 37.9. The minimum atomic E-state index is -4.40. The Morgan fingerprint density at radius 2 is 1.00 bits per heavy atom. The second-order valence-electron chi connectivity index (χ2n) is 15.3. The van der Waals surface area contributed by atoms with Crippen LogP contribution in [0.5, 0.6) is 0 Å². The van der Waals surface area contributed by atoms with Crippen LogP contribution in [0.2, 0.25) is 0 Å². The summed E-state index contributed by atoms with van der Waals surface area (Å²) >= 11 is 0. The summed E-state index contributed by atoms with van der Waals surface area (Å²) in [6.45, 7) is 4.16. The van der Waals surface area contributed by atoms with E-state index in [-0.39, 0.29) is 26.1 Å². The molecule has 0 aromatic rings. The number of carbonyl (C=O) groups is 2. The molecule has 0 radical (unpaired) electrons. The monoisotopic (exact) mass is 831 g/mol. The molecule has 0 aromatic heterocycles. The summed E-state index contributed by atoms with van der Waals surface area (Å²) in [5.41, 5.74) is 0. The van der Waals surface area contributed by atoms with E-state index in [4.69, 9.17) is 18.5 Å². The van der Waals surface area contributed by atoms with Gasteiger partial charge in [0.1, 0.15) is 19.8 Å². The Labute approximate surface area is 353 Å². The second kappa shape index (κ2) is 39.4. The molecule has 9 nitrogen and oxygen atoms in total. The Bertz CT molecular complexity index is 1300. The molecule has 0 amide bonds. The van der Waals surface area contributed by atoms with Crippen LogP contribution in [0.15, 0.2) is 97.2 Å². The van der Waals surface area contributed by atoms with Gasteiger partial charge in [-0.05, 0) is 89.9 Å². The van der Waals surface area contributed by atoms with Crippen LogP contribution in [0.3, 0.4) is 0 Å². The number of nitrogens with zero attached hydrogens (tertiary/aromatic N) is 1. The van der Waals surface area contributed by atoms with Gasteiger partial charge in [0.05, 0.1) is 27.7 Å². The maximum Gasteiger partial charge on any atom is 0.472 e. The minimum Gasteiger partial charge on any atom is -0.462 e. The smallest absolute Gasteiger partial charge is 0.462 e. The number of hydrogen-bond acceptors (Lipinski definition) is 7. The topological polar surface area (TPSA) is 108 Å². The van der Waals surface area contributed by atoms with E-state index in [0.29, 0.717) is 30.3 Å². The zero-order valence-electron chi connectivity index (χ0n) is 37.0. The predicted octanol–water partition coefficient (Wildman–Crippen LogP) is 12.6. The SMILES string of the molecule is CC/C=C/C/C=C/C/C=C/C/C=C/C/C=C/CCCC(=O)O[C@H](COC(=O)CCCCCC/C=C/C/C=C/C/C=C/CCCCC)COP(=O)(O)OCC[N+](C)(C)C. The Kier molecular flexibility index (Phi) is 37.3. The first-order valence-electron chi connectivity index (χ1n) is 22.0. The Morgan fingerprint density at radius 3 is 1.50 bits per heavy atom. The van der Waals surface area contributed by atoms with Crippen LogP contribution in [-0.4, -0.2) is 74.9 Å². The van der Waals surface area contributed by atoms with Crippen molar-refractivity contribution in [2.24, 2.45) is 0 Å². The van der Waals surface area contributed by atoms with Gasteiger partial charge in [0.25, 0.3) is 0 Å². The number of hydrogen-bond donors (Lipinski definition) is 1. The van der Waals surface area contributed by atoms with Gasteiger partial charge in [-0.2, -0.15) is 0 Å². The summed E-state index contributed by atoms with van der Waals surface area (Å²) in [4.78, 5) is 35.3. The predicted molar refractivity (Wildman–Crippen MR) is 242 cm³/mol. The van der Waals surface area contributed by atoms with Crippen LogP contribution < -0.4 is 0 Å². The number of phosphoric ester groups is 1. The van der Waals surface area contributed by atoms with Crippen molar-refractivity contribution in [2.45, 2.75) is 148 Å². The molecule has 1 unspecified atom stereocenters. The van der Waals surface area contributed by atoms with Crippen molar-refractivity contribution in [1.29, 1.82) is 0 Å². The van der Waals surface area contributed by atoms with E-state index in [0.717, 1.165) is 70.6 Å². The van der Waals surface area contributed by atoms with Gasteiger partial charge < -0.3 is 18.9 Å². The first kappa shape index (κ1) is 54.9. The van der Waals surface area contributed by atoms with Crippen molar-refractivity contribution in [3.63, 3.8) is 0 Å². The van der Waals surface area contributed by atoms with Gasteiger partial charge in [0, 0.05) is 12.8 Å². The lowest BCUT2D eigenvalue weighted by molar-refractivity contribution is -0.870. The van der Waals surface area contributed by atoms with Gasteiger partial charge in [0.15, 0.2) is 6.10 Å². The van der Waals surface area contributed by atoms with Gasteiger partial charge in [-0.15, -0.1) is 0 Å². The van der Waals surface area contributed by atoms with Gasteiger partial charge >= 0.3 is 19.8 Å². The lowest BCUT2D eigenvalue weighted by Crippen LogP contribution is -2.37. The first-order valence-corrected chi connectivity index (χ1v) is 23.5. The molecule has 58 heavy (non-hydrogen) atoms. The fourth-order valence-corrected chi connectivity index (χ4v) is 5.91. The number of allylic oxidation sites excluding steroid dienone is 16. The molecule has 0 spiro atoms. The quantitative estimate of drug-likeness (QED) is 0.0215. The minimum absolute atomic E-state index is 0.0114. The second-order valence-corrected chi connectivity index (χ2v) is 16.8. The molecule has 330 valence electrons. The van der Waals surface area contributed by atoms with Crippen molar-refractivity contribution < 1.29 is 42.1 Å². The molecule has 0 aromatic carbocycles. The number of rotatable bonds is 38. The highest BCUT2D eigenvalue weighted by atomic mass is 31.2. The molecule has 0 aliphatic rings. The summed E-state index contributed by atoms with van der Waals surface area (Å²) in [6.07, 6.45) is 51.8. The number of phosphoric acid groups is 1. The molecule has 0 rings (SSSR count). The van der Waals surface area contributed by atoms with Crippen molar-refractivity contribution in [3.05, 3.63) is 97.2 Å². The van der Waals surface area contributed by atoms with E-state index in [2.05, 4.69) is 105 Å². The molecule has 0 bridgehead atoms. The average Bonchev–Trinajstić information content (AvgIpc) is 3.17. The van der Waals surface area contributed by atoms with E-state index in [1.54, 1.807) is 0 Å². The zero-order chi connectivity index (χ0) is 42.8. The lowest BCUT2D eigenvalue weighted by atomic mass is 10.1. The molecule has 0 aliphatic carbocycles. The Balaban J connectivity index is 4.53. The van der Waals surface area contributed by atoms with Crippen LogP contribution in [0.4, 0.5) is 0 Å². The van der Waals surface area contributed by atoms with E-state index in [1.807, 2.05) is 27.2 Å². The molecule has 0 aliphatic heterocycles. The summed E-state index contributed by atoms with van der Waals surface area (Å²) in [5.74, 6) is -0.903. The van der Waals surface area contributed by atoms with Crippen LogP contribution in [-0.2, 0) is 32.7 Å². The number of ether oxygens (including phenoxy) is 2. The number of unbranched alkanes of at least 4 members (excludes halogenated alkanes) is 8. The maximum absolute atomic E-state index is 12.7. The van der Waals surface area contributed by atoms with Crippen molar-refractivity contribution >= 4 is 19.8 Å². The summed E-state index contributed by atoms with van der Waals surface area (Å²) < 4.78 is 34.2. The van der Waals surface area contributed by atoms with E-state index in [1.165, 1.54) is 25.7 Å². The van der Waals surface area contributed by atoms with E-state index < -0.39 is 32.5 Å². The van der Waals surface area contributed by atoms with Crippen LogP contribution in [0, 0.1) is 0 Å². The third-order valence-corrected chi connectivity index (χ3v) is 9.58. The number of carbonyl (C=O) groups excluding carboxylic acids is 2. The highest BCUT2D eigenvalue weighted by Gasteiger charge is 2.27. The lowest BCUT2D eigenvalue weighted by Gasteiger charge is -2.24. The first-order chi connectivity index (χ1) is 28.0. The molecule has 0 heterocycles. The van der Waals surface area contributed by atoms with Gasteiger partial charge in [-0.25, -0.2) is 4.57 Å². The Hall–Kier alpha value is -3.07. The van der Waals surface area contributed by atoms with Crippen LogP contribution in [0.25, 0.3) is 0 Å². The van der Waals surface area contributed by atoms with Crippen molar-refractivity contribution in [3.8, 4) is 0 Å². The van der Waals surface area contributed by atoms with E-state index in [9.17, 15) is 19.0 Å². The molecule has 0 fully saturated rings. The molecule has 2 atom stereocenters. The third-order valence-electron chi connectivity index (χ3n) is 8.60. The normalized spacial score (nSPS) is 14.5. The number of esters is 2. The third kappa shape index (κ3) is 42.5. The molecule has 10 heteroatoms. The largest absolute Gasteiger partial charge is 0.472 e. The summed E-state index contributed by atoms with van der Waals surface area (Å²) in [7, 11) is 1.41. The van der Waals surface area contributed by atoms with Crippen LogP contribution in [0.1, 0.15) is 142 Å². The molecular formula is C48H81NO8P+. The molecule has 1 N–H and O–H groups in total. The fourth-order valence-electron chi connectivity index (χ4n) is 5.17. The van der Waals surface area contributed by atoms with Crippen molar-refractivity contribution in [2.75, 3.05) is 47.5 Å². The molecule has 0 saturated carbocycles. The summed E-state index contributed by atoms with van der Waals surface area (Å²) in [6, 6.07) is 0. The Morgan fingerprint density at radius 1 is 0.552 bits per heavy atom. The fraction of sp³-hybridized carbons (Fsp3) is 0.625. The van der Waals surface area contributed by atoms with Gasteiger partial charge in [0.2, 0.25) is 0 Å². The van der Waals surface area contributed by atoms with Crippen molar-refractivity contribution in [1.82, 2.24) is 0 Å².